The van der Waals surface area contributed by atoms with Gasteiger partial charge in [0.15, 0.2) is 5.90 Å². The van der Waals surface area contributed by atoms with Gasteiger partial charge in [-0.15, -0.1) is 0 Å². The second-order valence-electron chi connectivity index (χ2n) is 2.02. The molecule has 0 amide bonds. The second-order valence-corrected chi connectivity index (χ2v) is 2.02. The van der Waals surface area contributed by atoms with Crippen molar-refractivity contribution in [3.05, 3.63) is 11.8 Å². The highest BCUT2D eigenvalue weighted by Crippen LogP contribution is 2.09. The Morgan fingerprint density at radius 3 is 2.75 bits per heavy atom. The maximum Gasteiger partial charge on any atom is 0.185 e. The topological polar surface area (TPSA) is 32.6 Å². The van der Waals surface area contributed by atoms with E-state index in [0.717, 1.165) is 6.42 Å². The summed E-state index contributed by atoms with van der Waals surface area (Å²) in [5.74, 6) is 0.260. The number of aliphatic hydroxyl groups is 1. The van der Waals surface area contributed by atoms with Crippen LogP contribution < -0.4 is 0 Å². The molecule has 0 aromatic rings. The van der Waals surface area contributed by atoms with Crippen molar-refractivity contribution in [1.29, 1.82) is 0 Å². The molecule has 0 spiro atoms. The predicted molar refractivity (Wildman–Crippen MR) is 33.1 cm³/mol. The van der Waals surface area contributed by atoms with E-state index < -0.39 is 0 Å². The number of aliphatic hydroxyl groups excluding tert-OH is 1. The predicted octanol–water partition coefficient (Wildman–Crippen LogP) is 1.64. The van der Waals surface area contributed by atoms with E-state index in [1.165, 1.54) is 5.57 Å². The van der Waals surface area contributed by atoms with E-state index >= 15 is 0 Å². The molecule has 8 heavy (non-hydrogen) atoms. The molecule has 1 rings (SSSR count). The molecule has 0 saturated heterocycles. The van der Waals surface area contributed by atoms with Crippen molar-refractivity contribution in [2.45, 2.75) is 19.8 Å². The lowest BCUT2D eigenvalue weighted by Crippen LogP contribution is -1.99. The summed E-state index contributed by atoms with van der Waals surface area (Å²) in [7, 11) is 0. The second kappa shape index (κ2) is 1.99. The minimum Gasteiger partial charge on any atom is -0.496 e. The number of aliphatic imine (C=N–C) groups is 1. The number of allylic oxidation sites excluding steroid dienone is 1. The van der Waals surface area contributed by atoms with Gasteiger partial charge in [-0.25, -0.2) is 4.99 Å². The Bertz CT molecular complexity index is 129. The van der Waals surface area contributed by atoms with Crippen LogP contribution in [0.4, 0.5) is 0 Å². The lowest BCUT2D eigenvalue weighted by Gasteiger charge is -2.03. The van der Waals surface area contributed by atoms with E-state index in [9.17, 15) is 0 Å². The molecule has 1 heterocycles. The number of hydrogen-bond donors (Lipinski definition) is 1. The molecule has 2 nitrogen and oxygen atoms in total. The Hall–Kier alpha value is -0.790. The van der Waals surface area contributed by atoms with Gasteiger partial charge in [-0.3, -0.25) is 0 Å². The first-order valence-electron chi connectivity index (χ1n) is 2.70. The molecule has 44 valence electrons. The molecule has 0 bridgehead atoms. The van der Waals surface area contributed by atoms with Crippen molar-refractivity contribution in [1.82, 2.24) is 0 Å². The third-order valence-electron chi connectivity index (χ3n) is 1.18. The van der Waals surface area contributed by atoms with Crippen LogP contribution >= 0.6 is 0 Å². The molecule has 0 radical (unpaired) electrons. The van der Waals surface area contributed by atoms with Gasteiger partial charge in [0.1, 0.15) is 0 Å². The summed E-state index contributed by atoms with van der Waals surface area (Å²) in [4.78, 5) is 3.72. The quantitative estimate of drug-likeness (QED) is 0.506. The normalized spacial score (nSPS) is 19.6. The van der Waals surface area contributed by atoms with Crippen LogP contribution in [0.5, 0.6) is 0 Å². The maximum absolute atomic E-state index is 8.73. The van der Waals surface area contributed by atoms with Gasteiger partial charge in [0.2, 0.25) is 0 Å². The Kier molecular flexibility index (Phi) is 1.33. The molecule has 1 aliphatic rings. The number of hydrogen-bond acceptors (Lipinski definition) is 1. The molecule has 0 fully saturated rings. The van der Waals surface area contributed by atoms with Crippen LogP contribution in [0.15, 0.2) is 16.8 Å². The van der Waals surface area contributed by atoms with E-state index in [1.54, 1.807) is 6.20 Å². The lowest BCUT2D eigenvalue weighted by atomic mass is 10.1. The fraction of sp³-hybridized carbons (Fsp3) is 0.500. The average molecular weight is 111 g/mol. The molecule has 0 saturated carbocycles. The van der Waals surface area contributed by atoms with Crippen LogP contribution in [0.1, 0.15) is 19.8 Å². The van der Waals surface area contributed by atoms with Crippen molar-refractivity contribution >= 4 is 5.90 Å². The highest BCUT2D eigenvalue weighted by Gasteiger charge is 1.99. The lowest BCUT2D eigenvalue weighted by molar-refractivity contribution is 0.526. The zero-order valence-corrected chi connectivity index (χ0v) is 4.89. The Balaban J connectivity index is 2.65. The standard InChI is InChI=1S/C6H9NO/c1-5-2-3-6(8)7-4-5/h4H,2-3H2,1H3,(H,7,8). The van der Waals surface area contributed by atoms with Crippen LogP contribution in [-0.2, 0) is 0 Å². The third kappa shape index (κ3) is 1.09. The number of nitrogens with zero attached hydrogens (tertiary/aromatic N) is 1. The molecule has 0 unspecified atom stereocenters. The van der Waals surface area contributed by atoms with Gasteiger partial charge < -0.3 is 5.11 Å². The van der Waals surface area contributed by atoms with Crippen molar-refractivity contribution in [2.75, 3.05) is 0 Å². The monoisotopic (exact) mass is 111 g/mol. The zero-order chi connectivity index (χ0) is 5.98. The molecule has 2 heteroatoms. The molecular formula is C6H9NO. The summed E-state index contributed by atoms with van der Waals surface area (Å²) in [5, 5.41) is 8.73. The summed E-state index contributed by atoms with van der Waals surface area (Å²) in [6.07, 6.45) is 3.37. The van der Waals surface area contributed by atoms with Gasteiger partial charge in [0.25, 0.3) is 0 Å². The van der Waals surface area contributed by atoms with E-state index in [-0.39, 0.29) is 5.90 Å². The minimum absolute atomic E-state index is 0.260. The fourth-order valence-corrected chi connectivity index (χ4v) is 0.623. The Morgan fingerprint density at radius 1 is 1.62 bits per heavy atom. The highest BCUT2D eigenvalue weighted by atomic mass is 16.3. The van der Waals surface area contributed by atoms with Gasteiger partial charge >= 0.3 is 0 Å². The molecule has 0 atom stereocenters. The average Bonchev–Trinajstić information content (AvgIpc) is 1.77. The summed E-state index contributed by atoms with van der Waals surface area (Å²) in [6.45, 7) is 2.01. The van der Waals surface area contributed by atoms with Gasteiger partial charge in [-0.2, -0.15) is 0 Å². The highest BCUT2D eigenvalue weighted by molar-refractivity contribution is 5.75. The van der Waals surface area contributed by atoms with Crippen molar-refractivity contribution in [3.63, 3.8) is 0 Å². The van der Waals surface area contributed by atoms with Gasteiger partial charge in [0, 0.05) is 12.6 Å². The van der Waals surface area contributed by atoms with Gasteiger partial charge in [-0.1, -0.05) is 5.57 Å². The Labute approximate surface area is 48.6 Å². The smallest absolute Gasteiger partial charge is 0.185 e. The van der Waals surface area contributed by atoms with E-state index in [4.69, 9.17) is 5.11 Å². The van der Waals surface area contributed by atoms with E-state index in [1.807, 2.05) is 6.92 Å². The molecule has 0 aromatic heterocycles. The van der Waals surface area contributed by atoms with Crippen LogP contribution in [-0.4, -0.2) is 11.0 Å². The number of rotatable bonds is 0. The van der Waals surface area contributed by atoms with Crippen LogP contribution in [0.3, 0.4) is 0 Å². The molecule has 0 aromatic carbocycles. The van der Waals surface area contributed by atoms with Gasteiger partial charge in [-0.05, 0) is 13.3 Å². The van der Waals surface area contributed by atoms with Crippen LogP contribution in [0.2, 0.25) is 0 Å². The minimum atomic E-state index is 0.260. The van der Waals surface area contributed by atoms with Crippen LogP contribution in [0.25, 0.3) is 0 Å². The zero-order valence-electron chi connectivity index (χ0n) is 4.89. The summed E-state index contributed by atoms with van der Waals surface area (Å²) < 4.78 is 0. The first kappa shape index (κ1) is 5.35. The first-order chi connectivity index (χ1) is 3.79. The fourth-order valence-electron chi connectivity index (χ4n) is 0.623. The molecular weight excluding hydrogens is 102 g/mol. The van der Waals surface area contributed by atoms with Crippen LogP contribution in [0, 0.1) is 0 Å². The molecule has 1 N–H and O–H groups in total. The van der Waals surface area contributed by atoms with Gasteiger partial charge in [0.05, 0.1) is 0 Å². The van der Waals surface area contributed by atoms with Crippen molar-refractivity contribution < 1.29 is 5.11 Å². The summed E-state index contributed by atoms with van der Waals surface area (Å²) in [6, 6.07) is 0. The largest absolute Gasteiger partial charge is 0.496 e. The van der Waals surface area contributed by atoms with E-state index in [2.05, 4.69) is 4.99 Å². The summed E-state index contributed by atoms with van der Waals surface area (Å²) >= 11 is 0. The van der Waals surface area contributed by atoms with Crippen molar-refractivity contribution in [2.24, 2.45) is 4.99 Å². The SMILES string of the molecule is CC1=CN=C(O)CC1. The maximum atomic E-state index is 8.73. The molecule has 0 aliphatic carbocycles. The van der Waals surface area contributed by atoms with E-state index in [0.29, 0.717) is 6.42 Å². The summed E-state index contributed by atoms with van der Waals surface area (Å²) in [5.41, 5.74) is 1.24. The first-order valence-corrected chi connectivity index (χ1v) is 2.70. The Morgan fingerprint density at radius 2 is 2.38 bits per heavy atom. The van der Waals surface area contributed by atoms with Crippen molar-refractivity contribution in [3.8, 4) is 0 Å². The molecule has 1 aliphatic heterocycles. The third-order valence-corrected chi connectivity index (χ3v) is 1.18.